The average Bonchev–Trinajstić information content (AvgIpc) is 2.81. The van der Waals surface area contributed by atoms with Crippen LogP contribution >= 0.6 is 0 Å². The molecule has 0 aromatic carbocycles. The van der Waals surface area contributed by atoms with E-state index in [2.05, 4.69) is 10.2 Å². The molecule has 2 heterocycles. The first kappa shape index (κ1) is 13.5. The fourth-order valence-electron chi connectivity index (χ4n) is 1.85. The van der Waals surface area contributed by atoms with Gasteiger partial charge in [0.15, 0.2) is 0 Å². The highest BCUT2D eigenvalue weighted by atomic mass is 19.4. The summed E-state index contributed by atoms with van der Waals surface area (Å²) < 4.78 is 39.9. The average molecular weight is 276 g/mol. The van der Waals surface area contributed by atoms with Gasteiger partial charge in [0, 0.05) is 25.4 Å². The fourth-order valence-corrected chi connectivity index (χ4v) is 1.85. The van der Waals surface area contributed by atoms with Gasteiger partial charge in [-0.25, -0.2) is 0 Å². The lowest BCUT2D eigenvalue weighted by atomic mass is 10.1. The third-order valence-electron chi connectivity index (χ3n) is 2.81. The molecule has 1 aromatic rings. The second-order valence-corrected chi connectivity index (χ2v) is 4.28. The minimum absolute atomic E-state index is 0.0235. The Morgan fingerprint density at radius 2 is 2.16 bits per heavy atom. The van der Waals surface area contributed by atoms with Crippen LogP contribution in [0.15, 0.2) is 17.4 Å². The van der Waals surface area contributed by atoms with Crippen LogP contribution in [0, 0.1) is 0 Å². The molecule has 1 atom stereocenters. The van der Waals surface area contributed by atoms with Crippen molar-refractivity contribution in [2.45, 2.75) is 25.2 Å². The Balaban J connectivity index is 2.42. The van der Waals surface area contributed by atoms with Crippen molar-refractivity contribution in [1.82, 2.24) is 14.8 Å². The first-order valence-corrected chi connectivity index (χ1v) is 5.32. The Labute approximate surface area is 106 Å². The number of carbonyl (C=O) groups is 1. The molecule has 0 bridgehead atoms. The van der Waals surface area contributed by atoms with E-state index in [1.807, 2.05) is 0 Å². The van der Waals surface area contributed by atoms with E-state index in [-0.39, 0.29) is 16.4 Å². The largest absolute Gasteiger partial charge is 0.438 e. The van der Waals surface area contributed by atoms with Crippen LogP contribution in [-0.4, -0.2) is 43.4 Å². The van der Waals surface area contributed by atoms with Crippen LogP contribution in [0.4, 0.5) is 13.2 Å². The molecule has 0 aliphatic carbocycles. The fraction of sp³-hybridized carbons (Fsp3) is 0.500. The van der Waals surface area contributed by atoms with Crippen LogP contribution in [0.5, 0.6) is 0 Å². The number of aliphatic hydroxyl groups is 1. The monoisotopic (exact) mass is 276 g/mol. The number of amides is 1. The van der Waals surface area contributed by atoms with E-state index in [4.69, 9.17) is 0 Å². The molecule has 6 nitrogen and oxygen atoms in total. The zero-order valence-electron chi connectivity index (χ0n) is 10.1. The van der Waals surface area contributed by atoms with Gasteiger partial charge in [0.1, 0.15) is 5.69 Å². The van der Waals surface area contributed by atoms with Crippen molar-refractivity contribution >= 4 is 11.6 Å². The number of hydrogen-bond donors (Lipinski definition) is 1. The molecule has 0 saturated heterocycles. The van der Waals surface area contributed by atoms with Gasteiger partial charge >= 0.3 is 6.18 Å². The first-order valence-electron chi connectivity index (χ1n) is 5.32. The summed E-state index contributed by atoms with van der Waals surface area (Å²) in [6.07, 6.45) is -4.49. The maximum Gasteiger partial charge on any atom is 0.438 e. The van der Waals surface area contributed by atoms with Crippen LogP contribution in [0.2, 0.25) is 0 Å². The Morgan fingerprint density at radius 1 is 1.53 bits per heavy atom. The van der Waals surface area contributed by atoms with Crippen molar-refractivity contribution < 1.29 is 23.1 Å². The Bertz CT molecular complexity index is 551. The lowest BCUT2D eigenvalue weighted by molar-refractivity contribution is -0.297. The number of rotatable bonds is 1. The highest BCUT2D eigenvalue weighted by molar-refractivity contribution is 5.96. The smallest absolute Gasteiger partial charge is 0.362 e. The molecule has 0 spiro atoms. The van der Waals surface area contributed by atoms with Crippen LogP contribution in [0.1, 0.15) is 23.8 Å². The Morgan fingerprint density at radius 3 is 2.63 bits per heavy atom. The molecule has 0 saturated carbocycles. The second-order valence-electron chi connectivity index (χ2n) is 4.28. The van der Waals surface area contributed by atoms with Crippen molar-refractivity contribution in [3.05, 3.63) is 18.0 Å². The molecule has 1 aliphatic rings. The van der Waals surface area contributed by atoms with Gasteiger partial charge in [-0.15, -0.1) is 0 Å². The number of hydrogen-bond acceptors (Lipinski definition) is 4. The highest BCUT2D eigenvalue weighted by Gasteiger charge is 2.62. The van der Waals surface area contributed by atoms with E-state index in [0.29, 0.717) is 0 Å². The first-order chi connectivity index (χ1) is 8.67. The number of carbonyl (C=O) groups excluding carboxylic acids is 1. The number of alkyl halides is 3. The van der Waals surface area contributed by atoms with Gasteiger partial charge in [-0.2, -0.15) is 28.4 Å². The summed E-state index contributed by atoms with van der Waals surface area (Å²) in [6, 6.07) is 1.25. The van der Waals surface area contributed by atoms with Gasteiger partial charge in [0.05, 0.1) is 0 Å². The van der Waals surface area contributed by atoms with Crippen LogP contribution in [0.25, 0.3) is 0 Å². The molecule has 1 amide bonds. The van der Waals surface area contributed by atoms with Crippen LogP contribution in [-0.2, 0) is 7.05 Å². The summed E-state index contributed by atoms with van der Waals surface area (Å²) >= 11 is 0. The van der Waals surface area contributed by atoms with Gasteiger partial charge in [0.25, 0.3) is 11.6 Å². The lowest BCUT2D eigenvalue weighted by Gasteiger charge is -2.32. The van der Waals surface area contributed by atoms with E-state index in [1.165, 1.54) is 26.2 Å². The molecule has 19 heavy (non-hydrogen) atoms. The molecular formula is C10H11F3N4O2. The number of nitrogens with zero attached hydrogens (tertiary/aromatic N) is 4. The summed E-state index contributed by atoms with van der Waals surface area (Å²) in [7, 11) is 1.41. The normalized spacial score (nSPS) is 23.7. The summed E-state index contributed by atoms with van der Waals surface area (Å²) in [6.45, 7) is 1.31. The quantitative estimate of drug-likeness (QED) is 0.828. The maximum atomic E-state index is 12.9. The molecule has 0 radical (unpaired) electrons. The van der Waals surface area contributed by atoms with E-state index in [0.717, 1.165) is 4.68 Å². The summed E-state index contributed by atoms with van der Waals surface area (Å²) in [5, 5.41) is 17.0. The number of aryl methyl sites for hydroxylation is 1. The van der Waals surface area contributed by atoms with Crippen molar-refractivity contribution in [3.8, 4) is 0 Å². The molecular weight excluding hydrogens is 265 g/mol. The van der Waals surface area contributed by atoms with E-state index < -0.39 is 24.2 Å². The van der Waals surface area contributed by atoms with Gasteiger partial charge in [0.2, 0.25) is 0 Å². The zero-order chi connectivity index (χ0) is 14.4. The zero-order valence-corrected chi connectivity index (χ0v) is 10.1. The van der Waals surface area contributed by atoms with Crippen molar-refractivity contribution in [3.63, 3.8) is 0 Å². The summed E-state index contributed by atoms with van der Waals surface area (Å²) in [5.41, 5.74) is -3.38. The minimum atomic E-state index is -5.00. The lowest BCUT2D eigenvalue weighted by Crippen LogP contribution is -2.56. The topological polar surface area (TPSA) is 70.7 Å². The van der Waals surface area contributed by atoms with Gasteiger partial charge in [-0.3, -0.25) is 9.48 Å². The predicted molar refractivity (Wildman–Crippen MR) is 58.1 cm³/mol. The van der Waals surface area contributed by atoms with Gasteiger partial charge in [-0.05, 0) is 13.0 Å². The minimum Gasteiger partial charge on any atom is -0.362 e. The highest BCUT2D eigenvalue weighted by Crippen LogP contribution is 2.40. The predicted octanol–water partition coefficient (Wildman–Crippen LogP) is 0.893. The van der Waals surface area contributed by atoms with Crippen molar-refractivity contribution in [2.24, 2.45) is 12.1 Å². The SMILES string of the molecule is CC1=NN(C(=O)c2ccnn2C)C(O)(C(F)(F)F)C1. The molecule has 0 fully saturated rings. The Kier molecular flexibility index (Phi) is 2.89. The van der Waals surface area contributed by atoms with Crippen LogP contribution in [0.3, 0.4) is 0 Å². The van der Waals surface area contributed by atoms with Crippen molar-refractivity contribution in [2.75, 3.05) is 0 Å². The molecule has 1 N–H and O–H groups in total. The second kappa shape index (κ2) is 4.05. The Hall–Kier alpha value is -1.90. The number of hydrazone groups is 1. The maximum absolute atomic E-state index is 12.9. The van der Waals surface area contributed by atoms with Gasteiger partial charge < -0.3 is 5.11 Å². The molecule has 1 aliphatic heterocycles. The number of aromatic nitrogens is 2. The number of halogens is 3. The standard InChI is InChI=1S/C10H11F3N4O2/c1-6-5-9(19,10(11,12)13)17(15-6)8(18)7-3-4-14-16(7)2/h3-4,19H,5H2,1-2H3. The molecule has 9 heteroatoms. The third kappa shape index (κ3) is 1.99. The third-order valence-corrected chi connectivity index (χ3v) is 2.81. The van der Waals surface area contributed by atoms with E-state index in [1.54, 1.807) is 0 Å². The van der Waals surface area contributed by atoms with Gasteiger partial charge in [-0.1, -0.05) is 0 Å². The molecule has 1 unspecified atom stereocenters. The van der Waals surface area contributed by atoms with Crippen LogP contribution < -0.4 is 0 Å². The molecule has 1 aromatic heterocycles. The molecule has 104 valence electrons. The van der Waals surface area contributed by atoms with E-state index in [9.17, 15) is 23.1 Å². The summed E-state index contributed by atoms with van der Waals surface area (Å²) in [4.78, 5) is 12.0. The summed E-state index contributed by atoms with van der Waals surface area (Å²) in [5.74, 6) is -1.06. The van der Waals surface area contributed by atoms with Crippen molar-refractivity contribution in [1.29, 1.82) is 0 Å². The molecule has 2 rings (SSSR count). The van der Waals surface area contributed by atoms with E-state index >= 15 is 0 Å².